The molecule has 3 aliphatic rings. The molecule has 0 saturated carbocycles. The van der Waals surface area contributed by atoms with Crippen LogP contribution in [0.25, 0.3) is 0 Å². The van der Waals surface area contributed by atoms with Gasteiger partial charge in [0.25, 0.3) is 0 Å². The SMILES string of the molecule is O=C1CCC(=O)N1Cl.O=C1c2cccc1c2. The minimum absolute atomic E-state index is 0.201. The number of rotatable bonds is 0. The van der Waals surface area contributed by atoms with Crippen molar-refractivity contribution in [3.63, 3.8) is 0 Å². The summed E-state index contributed by atoms with van der Waals surface area (Å²) in [7, 11) is 0. The van der Waals surface area contributed by atoms with Crippen LogP contribution in [-0.2, 0) is 9.59 Å². The van der Waals surface area contributed by atoms with E-state index in [4.69, 9.17) is 11.8 Å². The van der Waals surface area contributed by atoms with Crippen molar-refractivity contribution in [2.75, 3.05) is 0 Å². The number of amides is 2. The monoisotopic (exact) mass is 237 g/mol. The summed E-state index contributed by atoms with van der Waals surface area (Å²) in [6, 6.07) is 7.44. The minimum Gasteiger partial charge on any atom is -0.289 e. The average molecular weight is 238 g/mol. The maximum Gasteiger partial charge on any atom is 0.244 e. The Labute approximate surface area is 96.9 Å². The summed E-state index contributed by atoms with van der Waals surface area (Å²) in [5.74, 6) is -0.388. The van der Waals surface area contributed by atoms with Crippen LogP contribution in [0.2, 0.25) is 0 Å². The smallest absolute Gasteiger partial charge is 0.244 e. The van der Waals surface area contributed by atoms with E-state index in [-0.39, 0.29) is 30.4 Å². The lowest BCUT2D eigenvalue weighted by Gasteiger charge is -2.10. The molecule has 1 fully saturated rings. The number of benzene rings is 1. The third-order valence-electron chi connectivity index (χ3n) is 2.38. The summed E-state index contributed by atoms with van der Waals surface area (Å²) >= 11 is 5.15. The van der Waals surface area contributed by atoms with E-state index in [9.17, 15) is 14.4 Å². The van der Waals surface area contributed by atoms with Gasteiger partial charge in [-0.25, -0.2) is 0 Å². The zero-order chi connectivity index (χ0) is 11.7. The molecule has 2 aliphatic carbocycles. The molecule has 0 atom stereocenters. The van der Waals surface area contributed by atoms with Crippen LogP contribution >= 0.6 is 11.8 Å². The first-order valence-corrected chi connectivity index (χ1v) is 5.10. The molecule has 16 heavy (non-hydrogen) atoms. The first-order valence-electron chi connectivity index (χ1n) is 4.76. The molecule has 1 aliphatic heterocycles. The highest BCUT2D eigenvalue weighted by Crippen LogP contribution is 2.19. The number of ketones is 1. The number of carbonyl (C=O) groups excluding carboxylic acids is 3. The van der Waals surface area contributed by atoms with Crippen LogP contribution in [0.15, 0.2) is 24.3 Å². The van der Waals surface area contributed by atoms with Crippen LogP contribution in [0.5, 0.6) is 0 Å². The van der Waals surface area contributed by atoms with Crippen molar-refractivity contribution in [3.05, 3.63) is 35.4 Å². The highest BCUT2D eigenvalue weighted by atomic mass is 35.5. The second-order valence-corrected chi connectivity index (χ2v) is 3.82. The molecule has 4 nitrogen and oxygen atoms in total. The Kier molecular flexibility index (Phi) is 2.75. The zero-order valence-electron chi connectivity index (χ0n) is 8.27. The number of halogens is 1. The Balaban J connectivity index is 0.000000120. The molecular formula is C11H8ClNO3. The molecule has 0 aromatic heterocycles. The number of imide groups is 1. The van der Waals surface area contributed by atoms with Crippen molar-refractivity contribution in [3.8, 4) is 0 Å². The van der Waals surface area contributed by atoms with Crippen molar-refractivity contribution < 1.29 is 14.4 Å². The van der Waals surface area contributed by atoms with Crippen LogP contribution in [0.4, 0.5) is 0 Å². The molecule has 2 bridgehead atoms. The van der Waals surface area contributed by atoms with Crippen LogP contribution in [-0.4, -0.2) is 22.0 Å². The van der Waals surface area contributed by atoms with Gasteiger partial charge in [-0.2, -0.15) is 4.42 Å². The van der Waals surface area contributed by atoms with Gasteiger partial charge in [-0.1, -0.05) is 18.2 Å². The summed E-state index contributed by atoms with van der Waals surface area (Å²) < 4.78 is 0.639. The van der Waals surface area contributed by atoms with Crippen LogP contribution in [0, 0.1) is 0 Å². The highest BCUT2D eigenvalue weighted by molar-refractivity contribution is 6.32. The van der Waals surface area contributed by atoms with Gasteiger partial charge in [0, 0.05) is 35.7 Å². The number of carbonyl (C=O) groups is 3. The fourth-order valence-electron chi connectivity index (χ4n) is 1.44. The Bertz CT molecular complexity index is 439. The molecule has 82 valence electrons. The molecule has 1 saturated heterocycles. The van der Waals surface area contributed by atoms with Gasteiger partial charge in [0.05, 0.1) is 0 Å². The number of hydrogen-bond donors (Lipinski definition) is 0. The summed E-state index contributed by atoms with van der Waals surface area (Å²) in [4.78, 5) is 31.4. The average Bonchev–Trinajstić information content (AvgIpc) is 2.61. The summed E-state index contributed by atoms with van der Waals surface area (Å²) in [6.07, 6.45) is 0.532. The van der Waals surface area contributed by atoms with E-state index in [1.165, 1.54) is 0 Å². The molecule has 4 rings (SSSR count). The van der Waals surface area contributed by atoms with Crippen LogP contribution in [0.1, 0.15) is 28.8 Å². The van der Waals surface area contributed by atoms with Gasteiger partial charge in [-0.05, 0) is 6.07 Å². The van der Waals surface area contributed by atoms with Crippen molar-refractivity contribution in [2.45, 2.75) is 12.8 Å². The molecule has 0 unspecified atom stereocenters. The van der Waals surface area contributed by atoms with Crippen molar-refractivity contribution in [1.82, 2.24) is 4.42 Å². The third kappa shape index (κ3) is 1.84. The lowest BCUT2D eigenvalue weighted by Crippen LogP contribution is -2.16. The quantitative estimate of drug-likeness (QED) is 0.516. The Hall–Kier alpha value is -1.68. The van der Waals surface area contributed by atoms with E-state index in [2.05, 4.69) is 0 Å². The number of hydrogen-bond acceptors (Lipinski definition) is 3. The topological polar surface area (TPSA) is 54.5 Å². The van der Waals surface area contributed by atoms with Crippen molar-refractivity contribution in [2.24, 2.45) is 0 Å². The Morgan fingerprint density at radius 2 is 1.50 bits per heavy atom. The second-order valence-electron chi connectivity index (χ2n) is 3.48. The van der Waals surface area contributed by atoms with Gasteiger partial charge in [0.15, 0.2) is 5.78 Å². The van der Waals surface area contributed by atoms with Crippen LogP contribution in [0.3, 0.4) is 0 Å². The molecule has 0 N–H and O–H groups in total. The summed E-state index contributed by atoms with van der Waals surface area (Å²) in [5, 5.41) is 0. The molecule has 1 heterocycles. The van der Waals surface area contributed by atoms with Crippen molar-refractivity contribution >= 4 is 29.4 Å². The van der Waals surface area contributed by atoms with Crippen molar-refractivity contribution in [1.29, 1.82) is 0 Å². The molecule has 1 aromatic rings. The lowest BCUT2D eigenvalue weighted by molar-refractivity contribution is -0.132. The standard InChI is InChI=1S/C7H4O.C4H4ClNO2/c8-7-5-2-1-3-6(7)4-5;5-6-3(7)1-2-4(6)8/h1-4H;1-2H2. The summed E-state index contributed by atoms with van der Waals surface area (Å²) in [5.41, 5.74) is 1.70. The maximum absolute atomic E-state index is 10.7. The van der Waals surface area contributed by atoms with Gasteiger partial charge < -0.3 is 0 Å². The van der Waals surface area contributed by atoms with Crippen LogP contribution < -0.4 is 0 Å². The summed E-state index contributed by atoms with van der Waals surface area (Å²) in [6.45, 7) is 0. The van der Waals surface area contributed by atoms with E-state index in [0.29, 0.717) is 4.42 Å². The predicted molar refractivity (Wildman–Crippen MR) is 56.8 cm³/mol. The van der Waals surface area contributed by atoms with E-state index >= 15 is 0 Å². The first kappa shape index (κ1) is 10.8. The third-order valence-corrected chi connectivity index (χ3v) is 2.75. The molecule has 2 amide bonds. The number of fused-ring (bicyclic) bond motifs is 2. The van der Waals surface area contributed by atoms with Gasteiger partial charge in [0.1, 0.15) is 0 Å². The minimum atomic E-state index is -0.295. The van der Waals surface area contributed by atoms with Gasteiger partial charge in [-0.3, -0.25) is 14.4 Å². The zero-order valence-corrected chi connectivity index (χ0v) is 9.03. The molecule has 0 spiro atoms. The molecular weight excluding hydrogens is 230 g/mol. The highest BCUT2D eigenvalue weighted by Gasteiger charge is 2.26. The van der Waals surface area contributed by atoms with Gasteiger partial charge >= 0.3 is 0 Å². The largest absolute Gasteiger partial charge is 0.289 e. The fraction of sp³-hybridized carbons (Fsp3) is 0.182. The molecule has 0 radical (unpaired) electrons. The Morgan fingerprint density at radius 3 is 1.69 bits per heavy atom. The first-order chi connectivity index (χ1) is 7.59. The van der Waals surface area contributed by atoms with E-state index < -0.39 is 0 Å². The Morgan fingerprint density at radius 1 is 1.00 bits per heavy atom. The normalized spacial score (nSPS) is 16.8. The van der Waals surface area contributed by atoms with Gasteiger partial charge in [-0.15, -0.1) is 0 Å². The molecule has 1 aromatic carbocycles. The second kappa shape index (κ2) is 4.06. The molecule has 5 heteroatoms. The van der Waals surface area contributed by atoms with E-state index in [1.807, 2.05) is 24.3 Å². The fourth-order valence-corrected chi connectivity index (χ4v) is 1.61. The van der Waals surface area contributed by atoms with E-state index in [1.54, 1.807) is 0 Å². The lowest BCUT2D eigenvalue weighted by atomic mass is 9.92. The predicted octanol–water partition coefficient (Wildman–Crippen LogP) is 1.52. The maximum atomic E-state index is 10.7. The van der Waals surface area contributed by atoms with Gasteiger partial charge in [0.2, 0.25) is 11.8 Å². The number of nitrogens with zero attached hydrogens (tertiary/aromatic N) is 1. The van der Waals surface area contributed by atoms with E-state index in [0.717, 1.165) is 11.1 Å².